The monoisotopic (exact) mass is 290 g/mol. The van der Waals surface area contributed by atoms with Gasteiger partial charge in [-0.15, -0.1) is 0 Å². The maximum Gasteiger partial charge on any atom is 0.0876 e. The van der Waals surface area contributed by atoms with Crippen molar-refractivity contribution in [1.29, 1.82) is 0 Å². The van der Waals surface area contributed by atoms with E-state index >= 15 is 0 Å². The number of ether oxygens (including phenoxy) is 1. The first kappa shape index (κ1) is 18.2. The van der Waals surface area contributed by atoms with Gasteiger partial charge in [-0.25, -0.2) is 0 Å². The van der Waals surface area contributed by atoms with Crippen molar-refractivity contribution in [2.45, 2.75) is 89.8 Å². The summed E-state index contributed by atoms with van der Waals surface area (Å²) in [6.45, 7) is 5.93. The molecule has 0 N–H and O–H groups in total. The van der Waals surface area contributed by atoms with Crippen molar-refractivity contribution < 1.29 is 4.74 Å². The molecule has 0 aromatic rings. The predicted molar refractivity (Wildman–Crippen MR) is 93.6 cm³/mol. The number of epoxide rings is 1. The van der Waals surface area contributed by atoms with Gasteiger partial charge in [-0.3, -0.25) is 0 Å². The number of allylic oxidation sites excluding steroid dienone is 4. The number of hydrogen-bond donors (Lipinski definition) is 0. The molecule has 2 atom stereocenters. The Morgan fingerprint density at radius 1 is 0.857 bits per heavy atom. The Bertz CT molecular complexity index is 303. The van der Waals surface area contributed by atoms with Crippen LogP contribution in [0.25, 0.3) is 0 Å². The fraction of sp³-hybridized carbons (Fsp3) is 0.700. The third-order valence-corrected chi connectivity index (χ3v) is 4.11. The molecule has 1 aliphatic rings. The molecule has 0 bridgehead atoms. The summed E-state index contributed by atoms with van der Waals surface area (Å²) < 4.78 is 5.72. The van der Waals surface area contributed by atoms with Crippen LogP contribution in [0.3, 0.4) is 0 Å². The molecule has 0 aliphatic carbocycles. The minimum atomic E-state index is 0.509. The molecule has 1 aliphatic heterocycles. The molecule has 0 unspecified atom stereocenters. The van der Waals surface area contributed by atoms with Crippen LogP contribution in [0.15, 0.2) is 37.0 Å². The van der Waals surface area contributed by atoms with Crippen LogP contribution in [0.1, 0.15) is 77.6 Å². The molecular weight excluding hydrogens is 256 g/mol. The second-order valence-corrected chi connectivity index (χ2v) is 6.08. The minimum absolute atomic E-state index is 0.509. The van der Waals surface area contributed by atoms with Gasteiger partial charge < -0.3 is 4.74 Å². The lowest BCUT2D eigenvalue weighted by Crippen LogP contribution is -1.93. The Labute approximate surface area is 132 Å². The largest absolute Gasteiger partial charge is 0.369 e. The molecule has 0 spiro atoms. The van der Waals surface area contributed by atoms with Crippen molar-refractivity contribution >= 4 is 0 Å². The van der Waals surface area contributed by atoms with Gasteiger partial charge in [0.05, 0.1) is 12.2 Å². The highest BCUT2D eigenvalue weighted by Gasteiger charge is 2.36. The Hall–Kier alpha value is -0.820. The van der Waals surface area contributed by atoms with E-state index in [0.717, 1.165) is 12.8 Å². The summed E-state index contributed by atoms with van der Waals surface area (Å²) in [6.07, 6.45) is 26.0. The van der Waals surface area contributed by atoms with Gasteiger partial charge in [0.2, 0.25) is 0 Å². The number of rotatable bonds is 14. The SMILES string of the molecule is C=C/C=C\C/C=C\C[C@@H]1O[C@@H]1CCCCCCCCCC. The Balaban J connectivity index is 1.84. The molecule has 0 amide bonds. The Morgan fingerprint density at radius 3 is 2.29 bits per heavy atom. The molecule has 1 fully saturated rings. The van der Waals surface area contributed by atoms with Crippen molar-refractivity contribution in [3.05, 3.63) is 37.0 Å². The Morgan fingerprint density at radius 2 is 1.57 bits per heavy atom. The molecule has 1 nitrogen and oxygen atoms in total. The maximum absolute atomic E-state index is 5.72. The summed E-state index contributed by atoms with van der Waals surface area (Å²) in [5, 5.41) is 0. The summed E-state index contributed by atoms with van der Waals surface area (Å²) >= 11 is 0. The highest BCUT2D eigenvalue weighted by atomic mass is 16.6. The Kier molecular flexibility index (Phi) is 11.2. The van der Waals surface area contributed by atoms with Crippen LogP contribution >= 0.6 is 0 Å². The highest BCUT2D eigenvalue weighted by Crippen LogP contribution is 2.30. The van der Waals surface area contributed by atoms with Crippen LogP contribution in [0.5, 0.6) is 0 Å². The molecule has 0 aromatic heterocycles. The average Bonchev–Trinajstić information content (AvgIpc) is 3.24. The molecule has 21 heavy (non-hydrogen) atoms. The lowest BCUT2D eigenvalue weighted by molar-refractivity contribution is 0.358. The minimum Gasteiger partial charge on any atom is -0.369 e. The molecule has 0 aromatic carbocycles. The third-order valence-electron chi connectivity index (χ3n) is 4.11. The van der Waals surface area contributed by atoms with E-state index in [4.69, 9.17) is 4.74 Å². The van der Waals surface area contributed by atoms with E-state index in [1.165, 1.54) is 57.8 Å². The van der Waals surface area contributed by atoms with Gasteiger partial charge in [-0.05, 0) is 19.3 Å². The first-order valence-electron chi connectivity index (χ1n) is 8.96. The van der Waals surface area contributed by atoms with Gasteiger partial charge in [0.25, 0.3) is 0 Å². The second-order valence-electron chi connectivity index (χ2n) is 6.08. The van der Waals surface area contributed by atoms with E-state index < -0.39 is 0 Å². The normalized spacial score (nSPS) is 21.4. The zero-order valence-electron chi connectivity index (χ0n) is 13.9. The lowest BCUT2D eigenvalue weighted by atomic mass is 10.1. The summed E-state index contributed by atoms with van der Waals surface area (Å²) in [5.74, 6) is 0. The number of unbranched alkanes of at least 4 members (excludes halogenated alkanes) is 7. The summed E-state index contributed by atoms with van der Waals surface area (Å²) in [7, 11) is 0. The van der Waals surface area contributed by atoms with Crippen LogP contribution in [0.2, 0.25) is 0 Å². The van der Waals surface area contributed by atoms with Gasteiger partial charge in [-0.1, -0.05) is 95.2 Å². The van der Waals surface area contributed by atoms with Crippen LogP contribution in [0, 0.1) is 0 Å². The van der Waals surface area contributed by atoms with Crippen LogP contribution in [0.4, 0.5) is 0 Å². The van der Waals surface area contributed by atoms with Crippen molar-refractivity contribution in [3.63, 3.8) is 0 Å². The highest BCUT2D eigenvalue weighted by molar-refractivity contribution is 5.02. The van der Waals surface area contributed by atoms with Crippen LogP contribution in [-0.2, 0) is 4.74 Å². The lowest BCUT2D eigenvalue weighted by Gasteiger charge is -2.00. The third kappa shape index (κ3) is 10.5. The smallest absolute Gasteiger partial charge is 0.0876 e. The van der Waals surface area contributed by atoms with Gasteiger partial charge in [0.15, 0.2) is 0 Å². The predicted octanol–water partition coefficient (Wildman–Crippen LogP) is 6.36. The van der Waals surface area contributed by atoms with E-state index in [9.17, 15) is 0 Å². The van der Waals surface area contributed by atoms with E-state index in [-0.39, 0.29) is 0 Å². The molecular formula is C20H34O. The van der Waals surface area contributed by atoms with E-state index in [1.807, 2.05) is 12.2 Å². The van der Waals surface area contributed by atoms with Crippen molar-refractivity contribution in [3.8, 4) is 0 Å². The molecule has 1 heterocycles. The maximum atomic E-state index is 5.72. The molecule has 120 valence electrons. The molecule has 1 saturated heterocycles. The zero-order chi connectivity index (χ0) is 15.2. The average molecular weight is 290 g/mol. The van der Waals surface area contributed by atoms with Gasteiger partial charge >= 0.3 is 0 Å². The first-order valence-corrected chi connectivity index (χ1v) is 8.96. The zero-order valence-corrected chi connectivity index (χ0v) is 13.9. The first-order chi connectivity index (χ1) is 10.4. The van der Waals surface area contributed by atoms with Crippen LogP contribution < -0.4 is 0 Å². The van der Waals surface area contributed by atoms with Gasteiger partial charge in [0.1, 0.15) is 0 Å². The fourth-order valence-electron chi connectivity index (χ4n) is 2.70. The second kappa shape index (κ2) is 12.9. The van der Waals surface area contributed by atoms with Crippen LogP contribution in [-0.4, -0.2) is 12.2 Å². The summed E-state index contributed by atoms with van der Waals surface area (Å²) in [6, 6.07) is 0. The van der Waals surface area contributed by atoms with Gasteiger partial charge in [0, 0.05) is 0 Å². The van der Waals surface area contributed by atoms with Crippen molar-refractivity contribution in [2.75, 3.05) is 0 Å². The molecule has 1 heteroatoms. The van der Waals surface area contributed by atoms with Crippen molar-refractivity contribution in [2.24, 2.45) is 0 Å². The molecule has 1 rings (SSSR count). The van der Waals surface area contributed by atoms with E-state index in [1.54, 1.807) is 0 Å². The van der Waals surface area contributed by atoms with E-state index in [0.29, 0.717) is 12.2 Å². The summed E-state index contributed by atoms with van der Waals surface area (Å²) in [5.41, 5.74) is 0. The quantitative estimate of drug-likeness (QED) is 0.157. The summed E-state index contributed by atoms with van der Waals surface area (Å²) in [4.78, 5) is 0. The fourth-order valence-corrected chi connectivity index (χ4v) is 2.70. The molecule has 0 radical (unpaired) electrons. The van der Waals surface area contributed by atoms with Crippen molar-refractivity contribution in [1.82, 2.24) is 0 Å². The van der Waals surface area contributed by atoms with E-state index in [2.05, 4.69) is 31.7 Å². The van der Waals surface area contributed by atoms with Gasteiger partial charge in [-0.2, -0.15) is 0 Å². The standard InChI is InChI=1S/C20H34O/c1-3-5-7-9-11-12-14-16-18-20-19(21-20)17-15-13-10-8-6-4-2/h4,6,8,13,15,19-20H,2-3,5,7,9-12,14,16-18H2,1H3/b8-6-,15-13-/t19-,20+/m0/s1. The topological polar surface area (TPSA) is 12.5 Å². The molecule has 0 saturated carbocycles. The number of hydrogen-bond acceptors (Lipinski definition) is 1.